The van der Waals surface area contributed by atoms with E-state index < -0.39 is 28.9 Å². The van der Waals surface area contributed by atoms with Gasteiger partial charge in [0, 0.05) is 68.6 Å². The van der Waals surface area contributed by atoms with Crippen LogP contribution in [-0.2, 0) is 26.7 Å². The Kier molecular flexibility index (Phi) is 10.2. The van der Waals surface area contributed by atoms with Gasteiger partial charge in [-0.15, -0.1) is 0 Å². The number of aliphatic hydroxyl groups excluding tert-OH is 1. The van der Waals surface area contributed by atoms with Crippen LogP contribution in [0, 0.1) is 0 Å². The number of fused-ring (bicyclic) bond motifs is 2. The number of nitrogens with zero attached hydrogens (tertiary/aromatic N) is 7. The van der Waals surface area contributed by atoms with E-state index >= 15 is 0 Å². The number of halogens is 5. The third-order valence-electron chi connectivity index (χ3n) is 11.5. The van der Waals surface area contributed by atoms with Crippen LogP contribution < -0.4 is 26.3 Å². The molecule has 1 aliphatic carbocycles. The van der Waals surface area contributed by atoms with E-state index in [1.54, 1.807) is 36.3 Å². The monoisotopic (exact) mass is 837 g/mol. The average molecular weight is 839 g/mol. The number of aromatic nitrogens is 4. The van der Waals surface area contributed by atoms with Gasteiger partial charge in [-0.2, -0.15) is 13.2 Å². The molecule has 4 aliphatic heterocycles. The van der Waals surface area contributed by atoms with Crippen LogP contribution in [0.3, 0.4) is 0 Å². The first-order valence-corrected chi connectivity index (χ1v) is 19.4. The minimum absolute atomic E-state index is 0.0204. The number of nitrogens with one attached hydrogen (secondary N) is 1. The SMILES string of the molecule is COc1nc(-c2cccc(-c3cccc(N=c4nc(C(F)(F)F)cc5n(C)c(=O)n(C)c([O-])c4-5)c3Cl)c2Cl)cc2c1C(N1CCC3(CCN(CCO)C(=O)N3)C1)CC2. The number of hydrogen-bond acceptors (Lipinski definition) is 9. The fourth-order valence-corrected chi connectivity index (χ4v) is 9.13. The second kappa shape index (κ2) is 14.9. The normalized spacial score (nSPS) is 20.0. The summed E-state index contributed by atoms with van der Waals surface area (Å²) in [6, 6.07) is 12.7. The zero-order valence-electron chi connectivity index (χ0n) is 31.7. The van der Waals surface area contributed by atoms with Crippen molar-refractivity contribution in [3.63, 3.8) is 0 Å². The van der Waals surface area contributed by atoms with Crippen molar-refractivity contribution in [2.45, 2.75) is 43.4 Å². The summed E-state index contributed by atoms with van der Waals surface area (Å²) in [5.41, 5.74) is 0.573. The Labute approximate surface area is 340 Å². The summed E-state index contributed by atoms with van der Waals surface area (Å²) in [5.74, 6) is -0.388. The fourth-order valence-electron chi connectivity index (χ4n) is 8.53. The average Bonchev–Trinajstić information content (AvgIpc) is 3.81. The van der Waals surface area contributed by atoms with Gasteiger partial charge in [0.1, 0.15) is 5.69 Å². The molecule has 8 rings (SSSR count). The number of pyridine rings is 2. The van der Waals surface area contributed by atoms with Gasteiger partial charge in [0.25, 0.3) is 0 Å². The number of benzene rings is 2. The second-order valence-corrected chi connectivity index (χ2v) is 15.6. The quantitative estimate of drug-likeness (QED) is 0.220. The van der Waals surface area contributed by atoms with Crippen LogP contribution in [0.5, 0.6) is 11.8 Å². The third-order valence-corrected chi connectivity index (χ3v) is 12.3. The van der Waals surface area contributed by atoms with Gasteiger partial charge in [-0.1, -0.05) is 53.5 Å². The summed E-state index contributed by atoms with van der Waals surface area (Å²) in [5, 5.41) is 26.1. The smallest absolute Gasteiger partial charge is 0.433 e. The van der Waals surface area contributed by atoms with Crippen LogP contribution >= 0.6 is 23.2 Å². The molecule has 1 aromatic heterocycles. The lowest BCUT2D eigenvalue weighted by Gasteiger charge is -2.40. The van der Waals surface area contributed by atoms with E-state index in [1.807, 2.05) is 12.1 Å². The van der Waals surface area contributed by atoms with Crippen molar-refractivity contribution in [3.05, 3.63) is 91.4 Å². The first-order valence-electron chi connectivity index (χ1n) is 18.6. The molecule has 18 heteroatoms. The lowest BCUT2D eigenvalue weighted by Crippen LogP contribution is -2.61. The summed E-state index contributed by atoms with van der Waals surface area (Å²) >= 11 is 14.1. The van der Waals surface area contributed by atoms with Crippen LogP contribution in [0.15, 0.2) is 58.3 Å². The number of urea groups is 1. The van der Waals surface area contributed by atoms with Crippen molar-refractivity contribution in [3.8, 4) is 45.4 Å². The van der Waals surface area contributed by atoms with Crippen molar-refractivity contribution < 1.29 is 32.9 Å². The van der Waals surface area contributed by atoms with Crippen LogP contribution in [0.4, 0.5) is 23.7 Å². The van der Waals surface area contributed by atoms with Crippen LogP contribution in [0.2, 0.25) is 10.0 Å². The maximum Gasteiger partial charge on any atom is 0.433 e. The molecule has 2 atom stereocenters. The zero-order chi connectivity index (χ0) is 41.3. The number of alkyl halides is 3. The van der Waals surface area contributed by atoms with Crippen molar-refractivity contribution in [2.75, 3.05) is 39.9 Å². The highest BCUT2D eigenvalue weighted by molar-refractivity contribution is 6.39. The standard InChI is InChI=1S/C40H39Cl2F3N8O5/c1-50-28-19-29(40(43,44)45)48-34(31(28)36(55)51(2)38(50)57)46-25-9-5-7-23(33(25)42)22-6-4-8-24(32(22)41)26-18-21-10-11-27(30(21)35(47-26)58-3)53-15-13-39(20-53)12-14-52(16-17-54)37(56)49-39/h4-9,18-19,27,54-55H,10-17,20H2,1-3H3,(H,49,56)/p-1. The molecule has 304 valence electrons. The summed E-state index contributed by atoms with van der Waals surface area (Å²) in [7, 11) is 4.06. The molecule has 2 aromatic carbocycles. The highest BCUT2D eigenvalue weighted by Crippen LogP contribution is 2.47. The van der Waals surface area contributed by atoms with Gasteiger partial charge in [0.15, 0.2) is 5.49 Å². The lowest BCUT2D eigenvalue weighted by molar-refractivity contribution is -0.278. The van der Waals surface area contributed by atoms with Gasteiger partial charge < -0.3 is 29.7 Å². The van der Waals surface area contributed by atoms with Crippen molar-refractivity contribution in [1.82, 2.24) is 34.2 Å². The van der Waals surface area contributed by atoms with E-state index in [0.717, 1.165) is 52.5 Å². The Bertz CT molecular complexity index is 2580. The second-order valence-electron chi connectivity index (χ2n) is 14.9. The van der Waals surface area contributed by atoms with Crippen LogP contribution in [-0.4, -0.2) is 85.5 Å². The molecule has 2 N–H and O–H groups in total. The van der Waals surface area contributed by atoms with Crippen molar-refractivity contribution in [1.29, 1.82) is 0 Å². The maximum atomic E-state index is 14.0. The number of hydrogen-bond donors (Lipinski definition) is 2. The number of aliphatic hydroxyl groups is 1. The number of carbonyl (C=O) groups is 1. The molecule has 2 amide bonds. The molecule has 0 saturated carbocycles. The summed E-state index contributed by atoms with van der Waals surface area (Å²) in [6.07, 6.45) is -1.68. The molecule has 3 aromatic rings. The van der Waals surface area contributed by atoms with Gasteiger partial charge in [0.2, 0.25) is 5.88 Å². The van der Waals surface area contributed by atoms with E-state index in [0.29, 0.717) is 59.0 Å². The van der Waals surface area contributed by atoms with E-state index in [9.17, 15) is 33.0 Å². The molecular formula is C40H38Cl2F3N8O5-. The molecular weight excluding hydrogens is 800 g/mol. The van der Waals surface area contributed by atoms with Crippen LogP contribution in [0.1, 0.15) is 42.1 Å². The largest absolute Gasteiger partial charge is 0.859 e. The Morgan fingerprint density at radius 3 is 2.43 bits per heavy atom. The number of β-amino-alcohol motifs (C(OH)–C–C–N with tert-alkyl or cyclic N) is 1. The van der Waals surface area contributed by atoms with Gasteiger partial charge >= 0.3 is 17.9 Å². The number of carbonyl (C=O) groups excluding carboxylic acids is 1. The number of rotatable bonds is 7. The Morgan fingerprint density at radius 1 is 1.02 bits per heavy atom. The first kappa shape index (κ1) is 39.7. The van der Waals surface area contributed by atoms with Gasteiger partial charge in [-0.25, -0.2) is 24.5 Å². The molecule has 0 bridgehead atoms. The molecule has 2 fully saturated rings. The summed E-state index contributed by atoms with van der Waals surface area (Å²) < 4.78 is 49.6. The predicted molar refractivity (Wildman–Crippen MR) is 208 cm³/mol. The molecule has 1 spiro atoms. The zero-order valence-corrected chi connectivity index (χ0v) is 33.2. The highest BCUT2D eigenvalue weighted by atomic mass is 35.5. The fraction of sp³-hybridized carbons (Fsp3) is 0.375. The molecule has 5 heterocycles. The number of methoxy groups -OCH3 is 1. The van der Waals surface area contributed by atoms with Gasteiger partial charge in [-0.05, 0) is 55.3 Å². The van der Waals surface area contributed by atoms with E-state index in [2.05, 4.69) is 20.2 Å². The van der Waals surface area contributed by atoms with Crippen molar-refractivity contribution >= 4 is 34.9 Å². The molecule has 0 radical (unpaired) electrons. The Balaban J connectivity index is 1.14. The number of ether oxygens (including phenoxy) is 1. The maximum absolute atomic E-state index is 14.0. The summed E-state index contributed by atoms with van der Waals surface area (Å²) in [6.45, 7) is 2.31. The first-order chi connectivity index (χ1) is 27.6. The van der Waals surface area contributed by atoms with Gasteiger partial charge in [0.05, 0.1) is 51.9 Å². The number of amides is 2. The highest BCUT2D eigenvalue weighted by Gasteiger charge is 2.46. The van der Waals surface area contributed by atoms with E-state index in [1.165, 1.54) is 20.2 Å². The Hall–Kier alpha value is -5.16. The van der Waals surface area contributed by atoms with E-state index in [-0.39, 0.29) is 46.2 Å². The topological polar surface area (TPSA) is 153 Å². The van der Waals surface area contributed by atoms with Gasteiger partial charge in [-0.3, -0.25) is 9.47 Å². The summed E-state index contributed by atoms with van der Waals surface area (Å²) in [4.78, 5) is 42.5. The van der Waals surface area contributed by atoms with Crippen LogP contribution in [0.25, 0.3) is 33.6 Å². The number of likely N-dealkylation sites (tertiary alicyclic amines) is 1. The molecule has 2 saturated heterocycles. The third kappa shape index (κ3) is 6.74. The van der Waals surface area contributed by atoms with Crippen molar-refractivity contribution in [2.24, 2.45) is 19.1 Å². The number of aryl methyl sites for hydroxylation is 1. The molecule has 13 nitrogen and oxygen atoms in total. The molecule has 58 heavy (non-hydrogen) atoms. The predicted octanol–water partition coefficient (Wildman–Crippen LogP) is 5.43. The Morgan fingerprint density at radius 2 is 1.72 bits per heavy atom. The van der Waals surface area contributed by atoms with E-state index in [4.69, 9.17) is 32.9 Å². The minimum atomic E-state index is -4.90. The lowest BCUT2D eigenvalue weighted by atomic mass is 9.92. The molecule has 5 aliphatic rings. The minimum Gasteiger partial charge on any atom is -0.859 e. The molecule has 2 unspecified atom stereocenters.